The molecule has 0 heterocycles. The average Bonchev–Trinajstić information content (AvgIpc) is 1.64. The van der Waals surface area contributed by atoms with Crippen LogP contribution in [-0.4, -0.2) is 18.4 Å². The summed E-state index contributed by atoms with van der Waals surface area (Å²) in [5.41, 5.74) is 0.0957. The summed E-state index contributed by atoms with van der Waals surface area (Å²) in [6.07, 6.45) is 0. The molecular formula is C7H16OS2. The molecule has 0 aliphatic rings. The summed E-state index contributed by atoms with van der Waals surface area (Å²) in [6.45, 7) is 6.13. The first-order valence-corrected chi connectivity index (χ1v) is 3.85. The minimum atomic E-state index is 0.0957. The van der Waals surface area contributed by atoms with E-state index < -0.39 is 0 Å². The third-order valence-electron chi connectivity index (χ3n) is 0.642. The maximum absolute atomic E-state index is 4.80. The quantitative estimate of drug-likeness (QED) is 0.453. The van der Waals surface area contributed by atoms with Crippen LogP contribution < -0.4 is 0 Å². The Bertz CT molecular complexity index is 94.3. The van der Waals surface area contributed by atoms with Gasteiger partial charge in [-0.1, -0.05) is 33.0 Å². The highest BCUT2D eigenvalue weighted by Gasteiger charge is 2.11. The Balaban J connectivity index is 0. The number of rotatable bonds is 0. The molecule has 3 heteroatoms. The molecule has 0 aromatic carbocycles. The van der Waals surface area contributed by atoms with Gasteiger partial charge < -0.3 is 4.74 Å². The number of methoxy groups -OCH3 is 1. The van der Waals surface area contributed by atoms with E-state index in [1.165, 1.54) is 0 Å². The van der Waals surface area contributed by atoms with Gasteiger partial charge in [-0.05, 0) is 0 Å². The average molecular weight is 180 g/mol. The van der Waals surface area contributed by atoms with Crippen molar-refractivity contribution in [1.29, 1.82) is 0 Å². The molecule has 0 unspecified atom stereocenters. The second kappa shape index (κ2) is 6.13. The van der Waals surface area contributed by atoms with Gasteiger partial charge in [0.25, 0.3) is 0 Å². The van der Waals surface area contributed by atoms with Crippen LogP contribution in [0.1, 0.15) is 20.8 Å². The van der Waals surface area contributed by atoms with Gasteiger partial charge in [-0.3, -0.25) is 0 Å². The van der Waals surface area contributed by atoms with Crippen LogP contribution in [0.3, 0.4) is 0 Å². The predicted molar refractivity (Wildman–Crippen MR) is 54.0 cm³/mol. The molecule has 0 atom stereocenters. The summed E-state index contributed by atoms with van der Waals surface area (Å²) in [5, 5.41) is 0. The van der Waals surface area contributed by atoms with Crippen LogP contribution in [0.25, 0.3) is 0 Å². The van der Waals surface area contributed by atoms with Gasteiger partial charge in [0.2, 0.25) is 0 Å². The van der Waals surface area contributed by atoms with Gasteiger partial charge in [-0.15, -0.1) is 12.6 Å². The summed E-state index contributed by atoms with van der Waals surface area (Å²) in [6, 6.07) is 0. The summed E-state index contributed by atoms with van der Waals surface area (Å²) in [4.78, 5) is 0. The molecule has 10 heavy (non-hydrogen) atoms. The smallest absolute Gasteiger partial charge is 0.0501 e. The SMILES string of the molecule is CC(C)(C)C(=S)S.COC. The molecule has 0 amide bonds. The van der Waals surface area contributed by atoms with Crippen molar-refractivity contribution in [3.05, 3.63) is 0 Å². The third-order valence-corrected chi connectivity index (χ3v) is 1.92. The van der Waals surface area contributed by atoms with E-state index in [4.69, 9.17) is 12.2 Å². The molecule has 0 radical (unpaired) electrons. The molecule has 0 aliphatic carbocycles. The maximum Gasteiger partial charge on any atom is 0.0501 e. The highest BCUT2D eigenvalue weighted by Crippen LogP contribution is 2.17. The Morgan fingerprint density at radius 1 is 1.30 bits per heavy atom. The Morgan fingerprint density at radius 3 is 1.40 bits per heavy atom. The van der Waals surface area contributed by atoms with E-state index >= 15 is 0 Å². The largest absolute Gasteiger partial charge is 0.388 e. The van der Waals surface area contributed by atoms with Crippen molar-refractivity contribution >= 4 is 29.0 Å². The minimum Gasteiger partial charge on any atom is -0.388 e. The van der Waals surface area contributed by atoms with E-state index in [0.29, 0.717) is 0 Å². The second-order valence-corrected chi connectivity index (χ2v) is 4.12. The zero-order valence-corrected chi connectivity index (χ0v) is 8.97. The number of hydrogen-bond acceptors (Lipinski definition) is 2. The molecule has 0 aromatic heterocycles. The Labute approximate surface area is 74.6 Å². The van der Waals surface area contributed by atoms with Crippen molar-refractivity contribution in [3.63, 3.8) is 0 Å². The molecule has 0 aliphatic heterocycles. The van der Waals surface area contributed by atoms with E-state index in [1.807, 2.05) is 20.8 Å². The van der Waals surface area contributed by atoms with E-state index in [2.05, 4.69) is 17.4 Å². The lowest BCUT2D eigenvalue weighted by molar-refractivity contribution is 0.277. The molecule has 0 spiro atoms. The Morgan fingerprint density at radius 2 is 1.40 bits per heavy atom. The summed E-state index contributed by atoms with van der Waals surface area (Å²) in [5.74, 6) is 0. The first kappa shape index (κ1) is 13.0. The van der Waals surface area contributed by atoms with Gasteiger partial charge in [-0.2, -0.15) is 0 Å². The van der Waals surface area contributed by atoms with Crippen LogP contribution in [0, 0.1) is 5.41 Å². The van der Waals surface area contributed by atoms with Crippen LogP contribution >= 0.6 is 24.8 Å². The van der Waals surface area contributed by atoms with Crippen molar-refractivity contribution in [2.45, 2.75) is 20.8 Å². The predicted octanol–water partition coefficient (Wildman–Crippen LogP) is 2.55. The van der Waals surface area contributed by atoms with E-state index in [9.17, 15) is 0 Å². The molecule has 0 N–H and O–H groups in total. The lowest BCUT2D eigenvalue weighted by atomic mass is 10.0. The lowest BCUT2D eigenvalue weighted by Crippen LogP contribution is -2.11. The second-order valence-electron chi connectivity index (χ2n) is 2.96. The summed E-state index contributed by atoms with van der Waals surface area (Å²) < 4.78 is 5.02. The maximum atomic E-state index is 4.80. The lowest BCUT2D eigenvalue weighted by Gasteiger charge is -2.13. The van der Waals surface area contributed by atoms with Crippen molar-refractivity contribution < 1.29 is 4.74 Å². The van der Waals surface area contributed by atoms with Crippen molar-refractivity contribution in [3.8, 4) is 0 Å². The van der Waals surface area contributed by atoms with Crippen LogP contribution in [0.15, 0.2) is 0 Å². The first-order chi connectivity index (χ1) is 4.36. The highest BCUT2D eigenvalue weighted by molar-refractivity contribution is 8.11. The molecular weight excluding hydrogens is 164 g/mol. The van der Waals surface area contributed by atoms with E-state index in [0.717, 1.165) is 4.20 Å². The van der Waals surface area contributed by atoms with Crippen LogP contribution in [-0.2, 0) is 4.74 Å². The number of ether oxygens (including phenoxy) is 1. The van der Waals surface area contributed by atoms with E-state index in [1.54, 1.807) is 14.2 Å². The molecule has 0 fully saturated rings. The zero-order chi connectivity index (χ0) is 8.78. The molecule has 0 bridgehead atoms. The monoisotopic (exact) mass is 180 g/mol. The van der Waals surface area contributed by atoms with Crippen LogP contribution in [0.5, 0.6) is 0 Å². The minimum absolute atomic E-state index is 0.0957. The normalized spacial score (nSPS) is 9.80. The van der Waals surface area contributed by atoms with Crippen LogP contribution in [0.4, 0.5) is 0 Å². The van der Waals surface area contributed by atoms with Gasteiger partial charge in [0.1, 0.15) is 0 Å². The van der Waals surface area contributed by atoms with Crippen molar-refractivity contribution in [2.75, 3.05) is 14.2 Å². The number of thiol groups is 1. The molecule has 0 rings (SSSR count). The summed E-state index contributed by atoms with van der Waals surface area (Å²) in [7, 11) is 3.25. The topological polar surface area (TPSA) is 9.23 Å². The first-order valence-electron chi connectivity index (χ1n) is 2.99. The standard InChI is InChI=1S/C5H10S2.C2H6O/c1-5(2,3)4(6)7;1-3-2/h1-3H3,(H,6,7);1-2H3. The van der Waals surface area contributed by atoms with Crippen molar-refractivity contribution in [2.24, 2.45) is 5.41 Å². The van der Waals surface area contributed by atoms with Gasteiger partial charge in [0.05, 0.1) is 4.20 Å². The molecule has 1 nitrogen and oxygen atoms in total. The molecule has 62 valence electrons. The fourth-order valence-electron chi connectivity index (χ4n) is 0. The number of thiocarbonyl (C=S) groups is 1. The highest BCUT2D eigenvalue weighted by atomic mass is 32.1. The van der Waals surface area contributed by atoms with Gasteiger partial charge in [-0.25, -0.2) is 0 Å². The number of hydrogen-bond donors (Lipinski definition) is 1. The Hall–Kier alpha value is 0.400. The molecule has 0 saturated carbocycles. The van der Waals surface area contributed by atoms with Gasteiger partial charge in [0.15, 0.2) is 0 Å². The molecule has 0 saturated heterocycles. The van der Waals surface area contributed by atoms with Crippen molar-refractivity contribution in [1.82, 2.24) is 0 Å². The van der Waals surface area contributed by atoms with E-state index in [-0.39, 0.29) is 5.41 Å². The third kappa shape index (κ3) is 11.2. The summed E-state index contributed by atoms with van der Waals surface area (Å²) >= 11 is 8.81. The van der Waals surface area contributed by atoms with Gasteiger partial charge in [0, 0.05) is 19.6 Å². The fourth-order valence-corrected chi connectivity index (χ4v) is 0. The zero-order valence-electron chi connectivity index (χ0n) is 7.26. The van der Waals surface area contributed by atoms with Crippen LogP contribution in [0.2, 0.25) is 0 Å². The molecule has 0 aromatic rings. The van der Waals surface area contributed by atoms with Gasteiger partial charge >= 0.3 is 0 Å². The fraction of sp³-hybridized carbons (Fsp3) is 0.857. The Kier molecular flexibility index (Phi) is 7.99.